The van der Waals surface area contributed by atoms with Gasteiger partial charge in [-0.05, 0) is 32.1 Å². The number of ether oxygens (including phenoxy) is 1. The number of hydrogen-bond acceptors (Lipinski definition) is 4. The van der Waals surface area contributed by atoms with Crippen LogP contribution in [0, 0.1) is 11.3 Å². The number of nitrogens with zero attached hydrogens (tertiary/aromatic N) is 2. The number of amides is 1. The lowest BCUT2D eigenvalue weighted by Gasteiger charge is -2.54. The van der Waals surface area contributed by atoms with Crippen LogP contribution in [0.5, 0.6) is 0 Å². The predicted octanol–water partition coefficient (Wildman–Crippen LogP) is 1.56. The Morgan fingerprint density at radius 1 is 1.09 bits per heavy atom. The number of rotatable bonds is 6. The highest BCUT2D eigenvalue weighted by Crippen LogP contribution is 2.40. The number of hydrogen-bond donors (Lipinski definition) is 0. The summed E-state index contributed by atoms with van der Waals surface area (Å²) in [5.74, 6) is 0.556. The second-order valence-electron chi connectivity index (χ2n) is 7.51. The summed E-state index contributed by atoms with van der Waals surface area (Å²) in [6, 6.07) is 0. The molecule has 1 amide bonds. The molecular weight excluding hydrogens is 280 g/mol. The second-order valence-corrected chi connectivity index (χ2v) is 7.51. The van der Waals surface area contributed by atoms with Crippen LogP contribution in [0.25, 0.3) is 0 Å². The molecule has 2 heterocycles. The number of ketones is 1. The highest BCUT2D eigenvalue weighted by molar-refractivity contribution is 5.82. The summed E-state index contributed by atoms with van der Waals surface area (Å²) in [7, 11) is 0. The van der Waals surface area contributed by atoms with Gasteiger partial charge in [-0.1, -0.05) is 13.8 Å². The molecule has 0 radical (unpaired) electrons. The Labute approximate surface area is 134 Å². The third kappa shape index (κ3) is 4.29. The first-order valence-electron chi connectivity index (χ1n) is 8.46. The smallest absolute Gasteiger partial charge is 0.248 e. The average Bonchev–Trinajstić information content (AvgIpc) is 2.43. The summed E-state index contributed by atoms with van der Waals surface area (Å²) in [4.78, 5) is 28.0. The quantitative estimate of drug-likeness (QED) is 0.747. The van der Waals surface area contributed by atoms with Gasteiger partial charge in [-0.25, -0.2) is 0 Å². The molecule has 0 aliphatic carbocycles. The van der Waals surface area contributed by atoms with Crippen LogP contribution in [0.3, 0.4) is 0 Å². The minimum absolute atomic E-state index is 0.0961. The number of carbonyl (C=O) groups excluding carboxylic acids is 2. The first-order chi connectivity index (χ1) is 10.3. The van der Waals surface area contributed by atoms with Crippen LogP contribution in [0.1, 0.15) is 40.5 Å². The maximum atomic E-state index is 12.1. The Hall–Kier alpha value is -0.940. The lowest BCUT2D eigenvalue weighted by molar-refractivity contribution is -0.143. The zero-order valence-electron chi connectivity index (χ0n) is 14.4. The highest BCUT2D eigenvalue weighted by atomic mass is 16.5. The van der Waals surface area contributed by atoms with E-state index in [-0.39, 0.29) is 24.5 Å². The Kier molecular flexibility index (Phi) is 5.61. The molecule has 2 aliphatic rings. The van der Waals surface area contributed by atoms with Gasteiger partial charge in [-0.2, -0.15) is 0 Å². The van der Waals surface area contributed by atoms with Crippen molar-refractivity contribution in [1.29, 1.82) is 0 Å². The van der Waals surface area contributed by atoms with Crippen molar-refractivity contribution in [3.05, 3.63) is 0 Å². The lowest BCUT2D eigenvalue weighted by Crippen LogP contribution is -2.61. The minimum Gasteiger partial charge on any atom is -0.369 e. The van der Waals surface area contributed by atoms with Gasteiger partial charge in [-0.3, -0.25) is 14.5 Å². The molecule has 0 atom stereocenters. The van der Waals surface area contributed by atoms with Crippen molar-refractivity contribution in [1.82, 2.24) is 9.80 Å². The summed E-state index contributed by atoms with van der Waals surface area (Å²) < 4.78 is 5.40. The fourth-order valence-corrected chi connectivity index (χ4v) is 3.29. The molecule has 0 bridgehead atoms. The topological polar surface area (TPSA) is 49.9 Å². The van der Waals surface area contributed by atoms with Gasteiger partial charge in [0.15, 0.2) is 0 Å². The van der Waals surface area contributed by atoms with Crippen molar-refractivity contribution in [2.45, 2.75) is 46.6 Å². The van der Waals surface area contributed by atoms with Gasteiger partial charge in [0, 0.05) is 32.1 Å². The molecule has 2 fully saturated rings. The number of Topliss-reactive ketones (excluding diaryl/α,β-unsaturated/α-hetero) is 1. The van der Waals surface area contributed by atoms with Crippen molar-refractivity contribution in [2.75, 3.05) is 39.3 Å². The van der Waals surface area contributed by atoms with Crippen molar-refractivity contribution in [3.63, 3.8) is 0 Å². The summed E-state index contributed by atoms with van der Waals surface area (Å²) >= 11 is 0. The molecule has 22 heavy (non-hydrogen) atoms. The van der Waals surface area contributed by atoms with Gasteiger partial charge in [0.1, 0.15) is 12.4 Å². The van der Waals surface area contributed by atoms with Gasteiger partial charge in [-0.15, -0.1) is 0 Å². The fourth-order valence-electron chi connectivity index (χ4n) is 3.29. The summed E-state index contributed by atoms with van der Waals surface area (Å²) in [5, 5.41) is 0. The number of likely N-dealkylation sites (tertiary alicyclic amines) is 2. The van der Waals surface area contributed by atoms with Crippen LogP contribution in [-0.4, -0.2) is 66.9 Å². The Morgan fingerprint density at radius 3 is 2.18 bits per heavy atom. The van der Waals surface area contributed by atoms with Crippen LogP contribution >= 0.6 is 0 Å². The van der Waals surface area contributed by atoms with E-state index in [0.717, 1.165) is 39.0 Å². The first kappa shape index (κ1) is 17.4. The van der Waals surface area contributed by atoms with Gasteiger partial charge in [0.05, 0.1) is 12.6 Å². The maximum Gasteiger partial charge on any atom is 0.248 e. The average molecular weight is 310 g/mol. The van der Waals surface area contributed by atoms with Crippen molar-refractivity contribution < 1.29 is 14.3 Å². The standard InChI is InChI=1S/C17H30N2O3/c1-13(2)15(20)9-18-11-17(12-18)5-7-19(8-6-17)16(21)10-22-14(3)4/h13-14H,5-12H2,1-4H3. The largest absolute Gasteiger partial charge is 0.369 e. The van der Waals surface area contributed by atoms with E-state index in [1.165, 1.54) is 0 Å². The van der Waals surface area contributed by atoms with Crippen LogP contribution in [-0.2, 0) is 14.3 Å². The van der Waals surface area contributed by atoms with E-state index in [1.54, 1.807) is 0 Å². The maximum absolute atomic E-state index is 12.1. The van der Waals surface area contributed by atoms with Crippen LogP contribution in [0.2, 0.25) is 0 Å². The van der Waals surface area contributed by atoms with Crippen LogP contribution < -0.4 is 0 Å². The monoisotopic (exact) mass is 310 g/mol. The molecule has 5 nitrogen and oxygen atoms in total. The molecule has 0 N–H and O–H groups in total. The third-order valence-electron chi connectivity index (χ3n) is 4.86. The fraction of sp³-hybridized carbons (Fsp3) is 0.882. The third-order valence-corrected chi connectivity index (χ3v) is 4.86. The van der Waals surface area contributed by atoms with E-state index < -0.39 is 0 Å². The molecule has 5 heteroatoms. The van der Waals surface area contributed by atoms with Gasteiger partial charge in [0.2, 0.25) is 5.91 Å². The number of piperidine rings is 1. The summed E-state index contributed by atoms with van der Waals surface area (Å²) in [6.45, 7) is 12.3. The molecule has 0 aromatic carbocycles. The van der Waals surface area contributed by atoms with Crippen molar-refractivity contribution in [2.24, 2.45) is 11.3 Å². The molecule has 2 aliphatic heterocycles. The summed E-state index contributed by atoms with van der Waals surface area (Å²) in [6.07, 6.45) is 2.19. The predicted molar refractivity (Wildman–Crippen MR) is 85.6 cm³/mol. The summed E-state index contributed by atoms with van der Waals surface area (Å²) in [5.41, 5.74) is 0.340. The minimum atomic E-state index is 0.0961. The zero-order valence-corrected chi connectivity index (χ0v) is 14.4. The van der Waals surface area contributed by atoms with Crippen LogP contribution in [0.15, 0.2) is 0 Å². The Morgan fingerprint density at radius 2 is 1.68 bits per heavy atom. The van der Waals surface area contributed by atoms with E-state index in [1.807, 2.05) is 32.6 Å². The highest BCUT2D eigenvalue weighted by Gasteiger charge is 2.45. The van der Waals surface area contributed by atoms with E-state index in [9.17, 15) is 9.59 Å². The molecule has 126 valence electrons. The molecular formula is C17H30N2O3. The van der Waals surface area contributed by atoms with Gasteiger partial charge >= 0.3 is 0 Å². The molecule has 0 aromatic rings. The van der Waals surface area contributed by atoms with Crippen molar-refractivity contribution in [3.8, 4) is 0 Å². The molecule has 0 aromatic heterocycles. The molecule has 0 saturated carbocycles. The van der Waals surface area contributed by atoms with E-state index in [2.05, 4.69) is 4.90 Å². The van der Waals surface area contributed by atoms with E-state index in [0.29, 0.717) is 17.7 Å². The normalized spacial score (nSPS) is 21.5. The first-order valence-corrected chi connectivity index (χ1v) is 8.46. The van der Waals surface area contributed by atoms with Gasteiger partial charge < -0.3 is 9.64 Å². The van der Waals surface area contributed by atoms with E-state index in [4.69, 9.17) is 4.74 Å². The Balaban J connectivity index is 1.70. The SMILES string of the molecule is CC(C)OCC(=O)N1CCC2(CC1)CN(CC(=O)C(C)C)C2. The van der Waals surface area contributed by atoms with E-state index >= 15 is 0 Å². The molecule has 1 spiro atoms. The second kappa shape index (κ2) is 7.09. The Bertz CT molecular complexity index is 404. The molecule has 2 rings (SSSR count). The number of carbonyl (C=O) groups is 2. The molecule has 0 unspecified atom stereocenters. The zero-order chi connectivity index (χ0) is 16.3. The molecule has 2 saturated heterocycles. The van der Waals surface area contributed by atoms with Crippen molar-refractivity contribution >= 4 is 11.7 Å². The van der Waals surface area contributed by atoms with Gasteiger partial charge in [0.25, 0.3) is 0 Å². The lowest BCUT2D eigenvalue weighted by atomic mass is 9.72. The van der Waals surface area contributed by atoms with Crippen LogP contribution in [0.4, 0.5) is 0 Å².